The van der Waals surface area contributed by atoms with Gasteiger partial charge in [0, 0.05) is 13.1 Å². The van der Waals surface area contributed by atoms with Crippen molar-refractivity contribution in [3.05, 3.63) is 35.3 Å². The first kappa shape index (κ1) is 12.4. The van der Waals surface area contributed by atoms with Crippen LogP contribution in [0.1, 0.15) is 31.8 Å². The van der Waals surface area contributed by atoms with Crippen molar-refractivity contribution in [2.75, 3.05) is 19.6 Å². The predicted octanol–water partition coefficient (Wildman–Crippen LogP) is 2.54. The molecule has 0 atom stereocenters. The molecular formula is C14H22N2O. The van der Waals surface area contributed by atoms with Crippen molar-refractivity contribution >= 4 is 0 Å². The molecule has 0 spiro atoms. The van der Waals surface area contributed by atoms with Crippen molar-refractivity contribution in [2.24, 2.45) is 0 Å². The fourth-order valence-electron chi connectivity index (χ4n) is 2.20. The van der Waals surface area contributed by atoms with Gasteiger partial charge in [0.15, 0.2) is 0 Å². The molecule has 2 heterocycles. The third-order valence-corrected chi connectivity index (χ3v) is 3.06. The van der Waals surface area contributed by atoms with Gasteiger partial charge in [-0.1, -0.05) is 18.6 Å². The van der Waals surface area contributed by atoms with Crippen molar-refractivity contribution < 1.29 is 4.42 Å². The maximum absolute atomic E-state index is 5.80. The molecular weight excluding hydrogens is 212 g/mol. The Labute approximate surface area is 103 Å². The van der Waals surface area contributed by atoms with Gasteiger partial charge in [-0.05, 0) is 32.0 Å². The summed E-state index contributed by atoms with van der Waals surface area (Å²) in [4.78, 5) is 2.44. The molecule has 1 N–H and O–H groups in total. The van der Waals surface area contributed by atoms with E-state index in [2.05, 4.69) is 42.3 Å². The van der Waals surface area contributed by atoms with Crippen LogP contribution in [0.4, 0.5) is 0 Å². The van der Waals surface area contributed by atoms with E-state index in [0.29, 0.717) is 0 Å². The highest BCUT2D eigenvalue weighted by molar-refractivity contribution is 5.09. The summed E-state index contributed by atoms with van der Waals surface area (Å²) < 4.78 is 5.80. The summed E-state index contributed by atoms with van der Waals surface area (Å²) in [6.45, 7) is 9.25. The van der Waals surface area contributed by atoms with Crippen LogP contribution in [0, 0.1) is 0 Å². The Bertz CT molecular complexity index is 381. The monoisotopic (exact) mass is 234 g/mol. The molecule has 0 amide bonds. The van der Waals surface area contributed by atoms with E-state index < -0.39 is 0 Å². The Balaban J connectivity index is 1.86. The number of hydrogen-bond donors (Lipinski definition) is 1. The van der Waals surface area contributed by atoms with Gasteiger partial charge in [-0.2, -0.15) is 0 Å². The van der Waals surface area contributed by atoms with Crippen LogP contribution in [0.2, 0.25) is 0 Å². The van der Waals surface area contributed by atoms with Crippen molar-refractivity contribution in [3.8, 4) is 0 Å². The molecule has 0 radical (unpaired) electrons. The summed E-state index contributed by atoms with van der Waals surface area (Å²) >= 11 is 0. The van der Waals surface area contributed by atoms with E-state index >= 15 is 0 Å². The van der Waals surface area contributed by atoms with E-state index in [1.807, 2.05) is 0 Å². The molecule has 1 aliphatic rings. The molecule has 0 unspecified atom stereocenters. The largest absolute Gasteiger partial charge is 0.463 e. The second-order valence-electron chi connectivity index (χ2n) is 4.70. The molecule has 2 rings (SSSR count). The third-order valence-electron chi connectivity index (χ3n) is 3.06. The predicted molar refractivity (Wildman–Crippen MR) is 69.7 cm³/mol. The van der Waals surface area contributed by atoms with Gasteiger partial charge >= 0.3 is 0 Å². The van der Waals surface area contributed by atoms with Crippen LogP contribution in [-0.4, -0.2) is 24.5 Å². The zero-order chi connectivity index (χ0) is 12.1. The van der Waals surface area contributed by atoms with Crippen LogP contribution in [0.25, 0.3) is 0 Å². The summed E-state index contributed by atoms with van der Waals surface area (Å²) in [5.74, 6) is 2.11. The van der Waals surface area contributed by atoms with Crippen LogP contribution in [0.5, 0.6) is 0 Å². The zero-order valence-electron chi connectivity index (χ0n) is 10.8. The zero-order valence-corrected chi connectivity index (χ0v) is 10.8. The van der Waals surface area contributed by atoms with Gasteiger partial charge in [-0.15, -0.1) is 0 Å². The maximum Gasteiger partial charge on any atom is 0.118 e. The number of nitrogens with one attached hydrogen (secondary N) is 1. The summed E-state index contributed by atoms with van der Waals surface area (Å²) in [6.07, 6.45) is 3.49. The molecule has 0 fully saturated rings. The second-order valence-corrected chi connectivity index (χ2v) is 4.70. The standard InChI is InChI=1S/C14H22N2O/c1-3-15-9-13-6-7-14(17-13)11-16-8-4-5-12(2)10-16/h5-7,15H,3-4,8-11H2,1-2H3. The minimum atomic E-state index is 0.829. The van der Waals surface area contributed by atoms with Crippen LogP contribution in [-0.2, 0) is 13.1 Å². The van der Waals surface area contributed by atoms with E-state index in [0.717, 1.165) is 50.7 Å². The molecule has 0 aromatic carbocycles. The molecule has 0 aliphatic carbocycles. The number of hydrogen-bond acceptors (Lipinski definition) is 3. The molecule has 1 aromatic heterocycles. The van der Waals surface area contributed by atoms with Crippen LogP contribution in [0.15, 0.2) is 28.2 Å². The average molecular weight is 234 g/mol. The van der Waals surface area contributed by atoms with Gasteiger partial charge in [0.05, 0.1) is 13.1 Å². The van der Waals surface area contributed by atoms with E-state index in [1.165, 1.54) is 5.57 Å². The summed E-state index contributed by atoms with van der Waals surface area (Å²) in [5.41, 5.74) is 1.47. The first-order chi connectivity index (χ1) is 8.28. The lowest BCUT2D eigenvalue weighted by Gasteiger charge is -2.24. The van der Waals surface area contributed by atoms with Gasteiger partial charge in [-0.3, -0.25) is 4.90 Å². The Morgan fingerprint density at radius 2 is 2.18 bits per heavy atom. The van der Waals surface area contributed by atoms with Crippen molar-refractivity contribution in [3.63, 3.8) is 0 Å². The van der Waals surface area contributed by atoms with Gasteiger partial charge < -0.3 is 9.73 Å². The van der Waals surface area contributed by atoms with Crippen molar-refractivity contribution in [2.45, 2.75) is 33.4 Å². The highest BCUT2D eigenvalue weighted by Crippen LogP contribution is 2.15. The lowest BCUT2D eigenvalue weighted by Crippen LogP contribution is -2.28. The van der Waals surface area contributed by atoms with E-state index in [-0.39, 0.29) is 0 Å². The fraction of sp³-hybridized carbons (Fsp3) is 0.571. The summed E-state index contributed by atoms with van der Waals surface area (Å²) in [7, 11) is 0. The minimum absolute atomic E-state index is 0.829. The van der Waals surface area contributed by atoms with Gasteiger partial charge in [0.2, 0.25) is 0 Å². The topological polar surface area (TPSA) is 28.4 Å². The first-order valence-corrected chi connectivity index (χ1v) is 6.44. The van der Waals surface area contributed by atoms with Gasteiger partial charge in [0.1, 0.15) is 11.5 Å². The summed E-state index contributed by atoms with van der Waals surface area (Å²) in [5, 5.41) is 3.27. The Hall–Kier alpha value is -1.06. The average Bonchev–Trinajstić information content (AvgIpc) is 2.74. The van der Waals surface area contributed by atoms with Gasteiger partial charge in [0.25, 0.3) is 0 Å². The van der Waals surface area contributed by atoms with Crippen molar-refractivity contribution in [1.82, 2.24) is 10.2 Å². The molecule has 3 heteroatoms. The molecule has 1 aromatic rings. The normalized spacial score (nSPS) is 17.2. The highest BCUT2D eigenvalue weighted by atomic mass is 16.3. The van der Waals surface area contributed by atoms with Crippen LogP contribution in [0.3, 0.4) is 0 Å². The number of rotatable bonds is 5. The molecule has 94 valence electrons. The van der Waals surface area contributed by atoms with E-state index in [1.54, 1.807) is 0 Å². The Morgan fingerprint density at radius 3 is 2.94 bits per heavy atom. The van der Waals surface area contributed by atoms with Crippen LogP contribution < -0.4 is 5.32 Å². The Kier molecular flexibility index (Phi) is 4.40. The first-order valence-electron chi connectivity index (χ1n) is 6.44. The minimum Gasteiger partial charge on any atom is -0.463 e. The lowest BCUT2D eigenvalue weighted by atomic mass is 10.1. The summed E-state index contributed by atoms with van der Waals surface area (Å²) in [6, 6.07) is 4.17. The molecule has 17 heavy (non-hydrogen) atoms. The Morgan fingerprint density at radius 1 is 1.35 bits per heavy atom. The van der Waals surface area contributed by atoms with Gasteiger partial charge in [-0.25, -0.2) is 0 Å². The highest BCUT2D eigenvalue weighted by Gasteiger charge is 2.12. The fourth-order valence-corrected chi connectivity index (χ4v) is 2.20. The maximum atomic E-state index is 5.80. The third kappa shape index (κ3) is 3.72. The van der Waals surface area contributed by atoms with E-state index in [9.17, 15) is 0 Å². The van der Waals surface area contributed by atoms with Crippen molar-refractivity contribution in [1.29, 1.82) is 0 Å². The molecule has 1 aliphatic heterocycles. The molecule has 3 nitrogen and oxygen atoms in total. The molecule has 0 saturated carbocycles. The SMILES string of the molecule is CCNCc1ccc(CN2CCC=C(C)C2)o1. The quantitative estimate of drug-likeness (QED) is 0.794. The smallest absolute Gasteiger partial charge is 0.118 e. The molecule has 0 saturated heterocycles. The number of nitrogens with zero attached hydrogens (tertiary/aromatic N) is 1. The molecule has 0 bridgehead atoms. The van der Waals surface area contributed by atoms with E-state index in [4.69, 9.17) is 4.42 Å². The number of furan rings is 1. The van der Waals surface area contributed by atoms with Crippen LogP contribution >= 0.6 is 0 Å². The lowest BCUT2D eigenvalue weighted by molar-refractivity contribution is 0.254. The second kappa shape index (κ2) is 6.03.